The number of nitrogens with zero attached hydrogens (tertiary/aromatic N) is 1. The number of hydrogen-bond acceptors (Lipinski definition) is 4. The molecule has 0 spiro atoms. The lowest BCUT2D eigenvalue weighted by atomic mass is 9.95. The van der Waals surface area contributed by atoms with Crippen LogP contribution in [0.25, 0.3) is 0 Å². The van der Waals surface area contributed by atoms with Crippen LogP contribution in [0.2, 0.25) is 5.02 Å². The summed E-state index contributed by atoms with van der Waals surface area (Å²) in [4.78, 5) is 14.8. The fraction of sp³-hybridized carbons (Fsp3) is 0.455. The van der Waals surface area contributed by atoms with Crippen molar-refractivity contribution in [2.24, 2.45) is 5.41 Å². The number of rotatable bonds is 5. The molecule has 1 rings (SSSR count). The number of aliphatic hydroxyl groups is 1. The maximum atomic E-state index is 10.9. The van der Waals surface area contributed by atoms with Crippen LogP contribution in [0.15, 0.2) is 12.3 Å². The van der Waals surface area contributed by atoms with Crippen molar-refractivity contribution in [3.05, 3.63) is 22.8 Å². The van der Waals surface area contributed by atoms with Crippen molar-refractivity contribution >= 4 is 23.4 Å². The first-order valence-corrected chi connectivity index (χ1v) is 5.47. The van der Waals surface area contributed by atoms with Gasteiger partial charge in [-0.3, -0.25) is 0 Å². The van der Waals surface area contributed by atoms with Crippen LogP contribution in [0, 0.1) is 5.41 Å². The average molecular weight is 259 g/mol. The van der Waals surface area contributed by atoms with Gasteiger partial charge in [0, 0.05) is 24.8 Å². The standard InChI is InChI=1S/C11H15ClN2O3/c1-11(2,6-15)5-14-9-3-7(10(16)17)8(12)4-13-9/h3-4,15H,5-6H2,1-2H3,(H,13,14)(H,16,17). The fourth-order valence-corrected chi connectivity index (χ4v) is 1.27. The van der Waals surface area contributed by atoms with Crippen molar-refractivity contribution in [2.45, 2.75) is 13.8 Å². The highest BCUT2D eigenvalue weighted by atomic mass is 35.5. The van der Waals surface area contributed by atoms with Crippen LogP contribution in [0.1, 0.15) is 24.2 Å². The van der Waals surface area contributed by atoms with Gasteiger partial charge in [-0.15, -0.1) is 0 Å². The average Bonchev–Trinajstić information content (AvgIpc) is 2.27. The van der Waals surface area contributed by atoms with Gasteiger partial charge >= 0.3 is 5.97 Å². The van der Waals surface area contributed by atoms with Gasteiger partial charge in [0.25, 0.3) is 0 Å². The summed E-state index contributed by atoms with van der Waals surface area (Å²) in [5, 5.41) is 21.0. The monoisotopic (exact) mass is 258 g/mol. The lowest BCUT2D eigenvalue weighted by molar-refractivity contribution is 0.0697. The summed E-state index contributed by atoms with van der Waals surface area (Å²) in [6.07, 6.45) is 1.29. The van der Waals surface area contributed by atoms with E-state index in [1.165, 1.54) is 12.3 Å². The molecule has 0 radical (unpaired) electrons. The summed E-state index contributed by atoms with van der Waals surface area (Å²) < 4.78 is 0. The number of anilines is 1. The topological polar surface area (TPSA) is 82.5 Å². The van der Waals surface area contributed by atoms with Crippen LogP contribution in [-0.2, 0) is 0 Å². The van der Waals surface area contributed by atoms with Crippen molar-refractivity contribution in [3.8, 4) is 0 Å². The lowest BCUT2D eigenvalue weighted by Crippen LogP contribution is -2.27. The van der Waals surface area contributed by atoms with Crippen LogP contribution in [-0.4, -0.2) is 34.3 Å². The Hall–Kier alpha value is -1.33. The predicted octanol–water partition coefficient (Wildman–Crippen LogP) is 1.86. The van der Waals surface area contributed by atoms with Gasteiger partial charge in [-0.05, 0) is 6.07 Å². The first kappa shape index (κ1) is 13.7. The van der Waals surface area contributed by atoms with Gasteiger partial charge in [-0.25, -0.2) is 9.78 Å². The molecule has 0 saturated heterocycles. The van der Waals surface area contributed by atoms with Gasteiger partial charge in [0.1, 0.15) is 5.82 Å². The molecule has 17 heavy (non-hydrogen) atoms. The Labute approximate surface area is 104 Å². The Kier molecular flexibility index (Phi) is 4.31. The molecule has 0 aliphatic rings. The number of carbonyl (C=O) groups is 1. The highest BCUT2D eigenvalue weighted by Crippen LogP contribution is 2.19. The Morgan fingerprint density at radius 2 is 2.24 bits per heavy atom. The molecule has 0 aliphatic heterocycles. The van der Waals surface area contributed by atoms with Crippen molar-refractivity contribution in [2.75, 3.05) is 18.5 Å². The summed E-state index contributed by atoms with van der Waals surface area (Å²) in [6, 6.07) is 1.37. The molecular weight excluding hydrogens is 244 g/mol. The van der Waals surface area contributed by atoms with Crippen LogP contribution >= 0.6 is 11.6 Å². The second-order valence-electron chi connectivity index (χ2n) is 4.53. The number of aliphatic hydroxyl groups excluding tert-OH is 1. The number of aromatic carboxylic acids is 1. The molecule has 0 atom stereocenters. The lowest BCUT2D eigenvalue weighted by Gasteiger charge is -2.22. The SMILES string of the molecule is CC(C)(CO)CNc1cc(C(=O)O)c(Cl)cn1. The Morgan fingerprint density at radius 1 is 1.59 bits per heavy atom. The molecular formula is C11H15ClN2O3. The van der Waals surface area contributed by atoms with Gasteiger partial charge < -0.3 is 15.5 Å². The van der Waals surface area contributed by atoms with Crippen LogP contribution in [0.4, 0.5) is 5.82 Å². The van der Waals surface area contributed by atoms with E-state index >= 15 is 0 Å². The molecule has 0 amide bonds. The summed E-state index contributed by atoms with van der Waals surface area (Å²) >= 11 is 5.70. The third kappa shape index (κ3) is 3.87. The zero-order valence-electron chi connectivity index (χ0n) is 9.70. The molecule has 1 aromatic rings. The molecule has 0 bridgehead atoms. The molecule has 6 heteroatoms. The third-order valence-corrected chi connectivity index (χ3v) is 2.56. The van der Waals surface area contributed by atoms with E-state index in [1.807, 2.05) is 13.8 Å². The maximum Gasteiger partial charge on any atom is 0.337 e. The van der Waals surface area contributed by atoms with E-state index in [9.17, 15) is 4.79 Å². The highest BCUT2D eigenvalue weighted by Gasteiger charge is 2.17. The van der Waals surface area contributed by atoms with E-state index in [2.05, 4.69) is 10.3 Å². The molecule has 1 aromatic heterocycles. The number of carboxylic acids is 1. The van der Waals surface area contributed by atoms with Crippen LogP contribution in [0.5, 0.6) is 0 Å². The van der Waals surface area contributed by atoms with E-state index in [1.54, 1.807) is 0 Å². The molecule has 1 heterocycles. The Bertz CT molecular complexity index is 421. The van der Waals surface area contributed by atoms with E-state index in [0.29, 0.717) is 12.4 Å². The van der Waals surface area contributed by atoms with Crippen molar-refractivity contribution < 1.29 is 15.0 Å². The molecule has 94 valence electrons. The molecule has 0 aromatic carbocycles. The second kappa shape index (κ2) is 5.33. The van der Waals surface area contributed by atoms with Gasteiger partial charge in [-0.1, -0.05) is 25.4 Å². The van der Waals surface area contributed by atoms with Gasteiger partial charge in [0.15, 0.2) is 0 Å². The number of pyridine rings is 1. The largest absolute Gasteiger partial charge is 0.478 e. The molecule has 0 saturated carbocycles. The second-order valence-corrected chi connectivity index (χ2v) is 4.94. The summed E-state index contributed by atoms with van der Waals surface area (Å²) in [5.74, 6) is -0.671. The first-order valence-electron chi connectivity index (χ1n) is 5.09. The van der Waals surface area contributed by atoms with E-state index in [-0.39, 0.29) is 22.6 Å². The van der Waals surface area contributed by atoms with Gasteiger partial charge in [0.05, 0.1) is 10.6 Å². The number of halogens is 1. The molecule has 0 unspecified atom stereocenters. The molecule has 0 fully saturated rings. The Morgan fingerprint density at radius 3 is 2.76 bits per heavy atom. The zero-order chi connectivity index (χ0) is 13.1. The number of carboxylic acid groups (broad SMARTS) is 1. The highest BCUT2D eigenvalue weighted by molar-refractivity contribution is 6.33. The van der Waals surface area contributed by atoms with Crippen LogP contribution in [0.3, 0.4) is 0 Å². The molecule has 3 N–H and O–H groups in total. The van der Waals surface area contributed by atoms with Crippen LogP contribution < -0.4 is 5.32 Å². The van der Waals surface area contributed by atoms with Gasteiger partial charge in [-0.2, -0.15) is 0 Å². The summed E-state index contributed by atoms with van der Waals surface area (Å²) in [6.45, 7) is 4.28. The maximum absolute atomic E-state index is 10.9. The van der Waals surface area contributed by atoms with Gasteiger partial charge in [0.2, 0.25) is 0 Å². The minimum absolute atomic E-state index is 0.00553. The quantitative estimate of drug-likeness (QED) is 0.751. The summed E-state index contributed by atoms with van der Waals surface area (Å²) in [5.41, 5.74) is -0.295. The van der Waals surface area contributed by atoms with Crippen molar-refractivity contribution in [1.29, 1.82) is 0 Å². The molecule has 0 aliphatic carbocycles. The van der Waals surface area contributed by atoms with E-state index in [0.717, 1.165) is 0 Å². The van der Waals surface area contributed by atoms with Crippen molar-refractivity contribution in [1.82, 2.24) is 4.98 Å². The fourth-order valence-electron chi connectivity index (χ4n) is 1.08. The Balaban J connectivity index is 2.80. The van der Waals surface area contributed by atoms with Crippen molar-refractivity contribution in [3.63, 3.8) is 0 Å². The minimum atomic E-state index is -1.10. The third-order valence-electron chi connectivity index (χ3n) is 2.26. The molecule has 5 nitrogen and oxygen atoms in total. The first-order chi connectivity index (χ1) is 7.85. The normalized spacial score (nSPS) is 11.3. The number of hydrogen-bond donors (Lipinski definition) is 3. The van der Waals surface area contributed by atoms with E-state index < -0.39 is 5.97 Å². The predicted molar refractivity (Wildman–Crippen MR) is 65.6 cm³/mol. The summed E-state index contributed by atoms with van der Waals surface area (Å²) in [7, 11) is 0. The number of nitrogens with one attached hydrogen (secondary N) is 1. The van der Waals surface area contributed by atoms with E-state index in [4.69, 9.17) is 21.8 Å². The number of aromatic nitrogens is 1. The zero-order valence-corrected chi connectivity index (χ0v) is 10.5. The minimum Gasteiger partial charge on any atom is -0.478 e. The smallest absolute Gasteiger partial charge is 0.337 e.